The number of hydrazine groups is 1. The van der Waals surface area contributed by atoms with Crippen LogP contribution in [0.5, 0.6) is 0 Å². The van der Waals surface area contributed by atoms with Gasteiger partial charge in [0, 0.05) is 18.3 Å². The summed E-state index contributed by atoms with van der Waals surface area (Å²) < 4.78 is 0. The van der Waals surface area contributed by atoms with Crippen LogP contribution in [-0.4, -0.2) is 31.7 Å². The summed E-state index contributed by atoms with van der Waals surface area (Å²) in [6.45, 7) is 2.73. The number of nitrogens with one attached hydrogen (secondary N) is 3. The lowest BCUT2D eigenvalue weighted by Crippen LogP contribution is -2.13. The molecule has 104 valence electrons. The number of fused-ring (bicyclic) bond motifs is 1. The van der Waals surface area contributed by atoms with Crippen LogP contribution >= 0.6 is 11.3 Å². The van der Waals surface area contributed by atoms with E-state index in [1.807, 2.05) is 6.92 Å². The van der Waals surface area contributed by atoms with Gasteiger partial charge in [-0.15, -0.1) is 11.3 Å². The first kappa shape index (κ1) is 12.8. The van der Waals surface area contributed by atoms with Gasteiger partial charge in [0.25, 0.3) is 0 Å². The maximum atomic E-state index is 5.36. The van der Waals surface area contributed by atoms with Gasteiger partial charge in [0.2, 0.25) is 5.95 Å². The van der Waals surface area contributed by atoms with E-state index in [4.69, 9.17) is 5.84 Å². The van der Waals surface area contributed by atoms with E-state index >= 15 is 0 Å². The average Bonchev–Trinajstić information content (AvgIpc) is 3.07. The number of rotatable bonds is 5. The molecule has 9 heteroatoms. The van der Waals surface area contributed by atoms with E-state index in [-0.39, 0.29) is 0 Å². The molecular formula is C11H14N8S. The van der Waals surface area contributed by atoms with Crippen molar-refractivity contribution in [2.45, 2.75) is 13.3 Å². The summed E-state index contributed by atoms with van der Waals surface area (Å²) in [7, 11) is 0. The Bertz CT molecular complexity index is 718. The number of nitrogens with zero attached hydrogens (tertiary/aromatic N) is 4. The van der Waals surface area contributed by atoms with Crippen LogP contribution in [0.25, 0.3) is 11.0 Å². The average molecular weight is 290 g/mol. The number of H-pyrrole nitrogens is 1. The second-order valence-corrected chi connectivity index (χ2v) is 5.27. The largest absolute Gasteiger partial charge is 0.369 e. The summed E-state index contributed by atoms with van der Waals surface area (Å²) in [4.78, 5) is 12.9. The van der Waals surface area contributed by atoms with Gasteiger partial charge >= 0.3 is 0 Å². The number of aromatic amines is 1. The number of hydrogen-bond donors (Lipinski definition) is 4. The highest BCUT2D eigenvalue weighted by atomic mass is 32.1. The van der Waals surface area contributed by atoms with Gasteiger partial charge in [0.05, 0.1) is 22.3 Å². The first-order chi connectivity index (χ1) is 9.76. The number of aromatic nitrogens is 5. The van der Waals surface area contributed by atoms with Gasteiger partial charge in [0.15, 0.2) is 5.65 Å². The van der Waals surface area contributed by atoms with Crippen LogP contribution in [0.2, 0.25) is 0 Å². The fourth-order valence-electron chi connectivity index (χ4n) is 1.87. The standard InChI is InChI=1S/C11H14N8S/c1-6-15-7(5-20-6)2-3-13-9-8-4-14-19-10(8)17-11(16-9)18-12/h4-5H,2-3,12H2,1H3,(H3,13,14,16,17,18,19). The Morgan fingerprint density at radius 3 is 3.00 bits per heavy atom. The highest BCUT2D eigenvalue weighted by Crippen LogP contribution is 2.19. The lowest BCUT2D eigenvalue weighted by atomic mass is 10.3. The molecule has 0 amide bonds. The van der Waals surface area contributed by atoms with Crippen molar-refractivity contribution in [1.82, 2.24) is 25.1 Å². The zero-order valence-corrected chi connectivity index (χ0v) is 11.7. The SMILES string of the molecule is Cc1nc(CCNc2nc(NN)nc3[nH]ncc23)cs1. The zero-order valence-electron chi connectivity index (χ0n) is 10.8. The van der Waals surface area contributed by atoms with Crippen molar-refractivity contribution in [3.05, 3.63) is 22.3 Å². The molecular weight excluding hydrogens is 276 g/mol. The van der Waals surface area contributed by atoms with Gasteiger partial charge in [0.1, 0.15) is 5.82 Å². The minimum atomic E-state index is 0.341. The zero-order chi connectivity index (χ0) is 13.9. The van der Waals surface area contributed by atoms with Crippen LogP contribution < -0.4 is 16.6 Å². The molecule has 0 atom stereocenters. The Morgan fingerprint density at radius 1 is 1.35 bits per heavy atom. The van der Waals surface area contributed by atoms with E-state index in [2.05, 4.69) is 41.3 Å². The molecule has 0 aliphatic heterocycles. The summed E-state index contributed by atoms with van der Waals surface area (Å²) in [5, 5.41) is 14.0. The van der Waals surface area contributed by atoms with Crippen LogP contribution in [0.1, 0.15) is 10.7 Å². The molecule has 8 nitrogen and oxygen atoms in total. The topological polar surface area (TPSA) is 117 Å². The molecule has 0 aliphatic carbocycles. The Labute approximate surface area is 118 Å². The predicted molar refractivity (Wildman–Crippen MR) is 78.5 cm³/mol. The fourth-order valence-corrected chi connectivity index (χ4v) is 2.51. The van der Waals surface area contributed by atoms with Crippen LogP contribution in [0.4, 0.5) is 11.8 Å². The van der Waals surface area contributed by atoms with E-state index in [1.54, 1.807) is 17.5 Å². The molecule has 0 radical (unpaired) electrons. The van der Waals surface area contributed by atoms with Crippen molar-refractivity contribution < 1.29 is 0 Å². The van der Waals surface area contributed by atoms with Gasteiger partial charge in [-0.1, -0.05) is 0 Å². The Balaban J connectivity index is 1.74. The molecule has 0 fully saturated rings. The van der Waals surface area contributed by atoms with Gasteiger partial charge in [-0.05, 0) is 6.92 Å². The number of nitrogen functional groups attached to an aromatic ring is 1. The summed E-state index contributed by atoms with van der Waals surface area (Å²) in [5.74, 6) is 6.39. The molecule has 0 saturated heterocycles. The smallest absolute Gasteiger partial charge is 0.241 e. The van der Waals surface area contributed by atoms with Crippen molar-refractivity contribution in [3.63, 3.8) is 0 Å². The van der Waals surface area contributed by atoms with Crippen molar-refractivity contribution >= 4 is 34.1 Å². The predicted octanol–water partition coefficient (Wildman–Crippen LogP) is 1.06. The molecule has 3 heterocycles. The number of nitrogens with two attached hydrogens (primary N) is 1. The molecule has 20 heavy (non-hydrogen) atoms. The lowest BCUT2D eigenvalue weighted by Gasteiger charge is -2.07. The van der Waals surface area contributed by atoms with Crippen molar-refractivity contribution in [3.8, 4) is 0 Å². The fraction of sp³-hybridized carbons (Fsp3) is 0.273. The van der Waals surface area contributed by atoms with Gasteiger partial charge in [-0.25, -0.2) is 10.8 Å². The number of aryl methyl sites for hydroxylation is 1. The first-order valence-electron chi connectivity index (χ1n) is 6.09. The van der Waals surface area contributed by atoms with Gasteiger partial charge < -0.3 is 5.32 Å². The van der Waals surface area contributed by atoms with Crippen LogP contribution in [0.15, 0.2) is 11.6 Å². The second-order valence-electron chi connectivity index (χ2n) is 4.21. The maximum absolute atomic E-state index is 5.36. The summed E-state index contributed by atoms with van der Waals surface area (Å²) in [5.41, 5.74) is 4.16. The normalized spacial score (nSPS) is 10.9. The third kappa shape index (κ3) is 2.53. The van der Waals surface area contributed by atoms with E-state index in [9.17, 15) is 0 Å². The molecule has 0 aliphatic rings. The van der Waals surface area contributed by atoms with E-state index in [0.717, 1.165) is 29.1 Å². The minimum Gasteiger partial charge on any atom is -0.369 e. The lowest BCUT2D eigenvalue weighted by molar-refractivity contribution is 0.960. The van der Waals surface area contributed by atoms with Crippen molar-refractivity contribution in [1.29, 1.82) is 0 Å². The highest BCUT2D eigenvalue weighted by Gasteiger charge is 2.08. The molecule has 3 aromatic rings. The quantitative estimate of drug-likeness (QED) is 0.410. The molecule has 0 saturated carbocycles. The molecule has 0 bridgehead atoms. The second kappa shape index (κ2) is 5.39. The number of anilines is 2. The Hall–Kier alpha value is -2.26. The minimum absolute atomic E-state index is 0.341. The van der Waals surface area contributed by atoms with Gasteiger partial charge in [-0.3, -0.25) is 10.5 Å². The highest BCUT2D eigenvalue weighted by molar-refractivity contribution is 7.09. The summed E-state index contributed by atoms with van der Waals surface area (Å²) in [6, 6.07) is 0. The molecule has 0 aromatic carbocycles. The molecule has 0 unspecified atom stereocenters. The molecule has 5 N–H and O–H groups in total. The van der Waals surface area contributed by atoms with Crippen LogP contribution in [0.3, 0.4) is 0 Å². The molecule has 3 aromatic heterocycles. The van der Waals surface area contributed by atoms with E-state index in [1.165, 1.54) is 0 Å². The number of thiazole rings is 1. The van der Waals surface area contributed by atoms with Crippen LogP contribution in [-0.2, 0) is 6.42 Å². The van der Waals surface area contributed by atoms with Gasteiger partial charge in [-0.2, -0.15) is 15.1 Å². The Morgan fingerprint density at radius 2 is 2.25 bits per heavy atom. The van der Waals surface area contributed by atoms with E-state index in [0.29, 0.717) is 17.4 Å². The van der Waals surface area contributed by atoms with Crippen LogP contribution in [0, 0.1) is 6.92 Å². The van der Waals surface area contributed by atoms with Crippen molar-refractivity contribution in [2.24, 2.45) is 5.84 Å². The monoisotopic (exact) mass is 290 g/mol. The number of hydrogen-bond acceptors (Lipinski definition) is 8. The maximum Gasteiger partial charge on any atom is 0.241 e. The summed E-state index contributed by atoms with van der Waals surface area (Å²) in [6.07, 6.45) is 2.52. The van der Waals surface area contributed by atoms with Crippen molar-refractivity contribution in [2.75, 3.05) is 17.3 Å². The third-order valence-corrected chi connectivity index (χ3v) is 3.60. The third-order valence-electron chi connectivity index (χ3n) is 2.78. The molecule has 3 rings (SSSR count). The van der Waals surface area contributed by atoms with E-state index < -0.39 is 0 Å². The molecule has 0 spiro atoms. The Kier molecular flexibility index (Phi) is 3.44. The first-order valence-corrected chi connectivity index (χ1v) is 6.97. The summed E-state index contributed by atoms with van der Waals surface area (Å²) >= 11 is 1.65.